The zero-order valence-corrected chi connectivity index (χ0v) is 21.5. The molecule has 4 rings (SSSR count). The van der Waals surface area contributed by atoms with Crippen molar-refractivity contribution >= 4 is 51.7 Å². The van der Waals surface area contributed by atoms with Crippen LogP contribution in [0, 0.1) is 0 Å². The van der Waals surface area contributed by atoms with Gasteiger partial charge in [0.05, 0.1) is 11.8 Å². The van der Waals surface area contributed by atoms with Crippen LogP contribution in [-0.4, -0.2) is 70.4 Å². The smallest absolute Gasteiger partial charge is 0.372 e. The number of hydrogen-bond donors (Lipinski definition) is 3. The standard InChI is InChI=1S/C28H30B4O6/c29-27(34)17-36-24-11-3-20(4-12-24)31-21-5-13-25(14-6-21)37-18-28(35)32-38-26-15-7-22(8-16-26)30-19-1-9-23(33)10-2-19/h1-16,27-28,30-35H,17-18,29H2. The number of ether oxygens (including phenoxy) is 2. The molecule has 0 bridgehead atoms. The summed E-state index contributed by atoms with van der Waals surface area (Å²) in [4.78, 5) is 0. The summed E-state index contributed by atoms with van der Waals surface area (Å²) in [6.45, 7) is 0.407. The molecule has 0 aliphatic carbocycles. The molecule has 0 heterocycles. The van der Waals surface area contributed by atoms with Gasteiger partial charge in [0.15, 0.2) is 14.6 Å². The summed E-state index contributed by atoms with van der Waals surface area (Å²) in [6.07, 6.45) is 0. The highest BCUT2D eigenvalue weighted by Crippen LogP contribution is 2.11. The summed E-state index contributed by atoms with van der Waals surface area (Å²) < 4.78 is 16.9. The van der Waals surface area contributed by atoms with Gasteiger partial charge in [0.25, 0.3) is 0 Å². The van der Waals surface area contributed by atoms with Crippen molar-refractivity contribution in [1.82, 2.24) is 0 Å². The van der Waals surface area contributed by atoms with Crippen LogP contribution >= 0.6 is 0 Å². The highest BCUT2D eigenvalue weighted by atomic mass is 16.5. The summed E-state index contributed by atoms with van der Waals surface area (Å²) in [6, 6.07) is 29.3. The molecule has 4 aromatic carbocycles. The van der Waals surface area contributed by atoms with Crippen molar-refractivity contribution < 1.29 is 29.4 Å². The molecule has 2 atom stereocenters. The number of rotatable bonds is 13. The molecule has 0 radical (unpaired) electrons. The van der Waals surface area contributed by atoms with Crippen molar-refractivity contribution in [2.45, 2.75) is 12.0 Å². The Bertz CT molecular complexity index is 1250. The first kappa shape index (κ1) is 27.3. The fourth-order valence-corrected chi connectivity index (χ4v) is 3.85. The molecule has 0 spiro atoms. The largest absolute Gasteiger partial charge is 0.561 e. The van der Waals surface area contributed by atoms with Crippen molar-refractivity contribution in [3.8, 4) is 23.0 Å². The Morgan fingerprint density at radius 3 is 1.42 bits per heavy atom. The first-order valence-electron chi connectivity index (χ1n) is 12.7. The zero-order valence-electron chi connectivity index (χ0n) is 21.5. The number of phenolic OH excluding ortho intramolecular Hbond substituents is 1. The molecule has 4 aromatic rings. The van der Waals surface area contributed by atoms with Crippen molar-refractivity contribution in [3.05, 3.63) is 97.1 Å². The van der Waals surface area contributed by atoms with E-state index >= 15 is 0 Å². The van der Waals surface area contributed by atoms with Gasteiger partial charge in [0, 0.05) is 0 Å². The fraction of sp³-hybridized carbons (Fsp3) is 0.143. The lowest BCUT2D eigenvalue weighted by atomic mass is 9.64. The summed E-state index contributed by atoms with van der Waals surface area (Å²) in [5.74, 6) is 2.37. The van der Waals surface area contributed by atoms with Crippen LogP contribution in [0.4, 0.5) is 0 Å². The average molecular weight is 506 g/mol. The van der Waals surface area contributed by atoms with Gasteiger partial charge in [-0.15, -0.1) is 0 Å². The second-order valence-electron chi connectivity index (χ2n) is 9.39. The quantitative estimate of drug-likeness (QED) is 0.194. The van der Waals surface area contributed by atoms with E-state index in [1.807, 2.05) is 84.9 Å². The Morgan fingerprint density at radius 2 is 0.974 bits per heavy atom. The minimum Gasteiger partial charge on any atom is -0.561 e. The number of phenols is 1. The molecule has 10 heteroatoms. The number of aliphatic hydroxyl groups is 2. The van der Waals surface area contributed by atoms with Gasteiger partial charge in [-0.05, 0) is 48.5 Å². The average Bonchev–Trinajstić information content (AvgIpc) is 2.93. The maximum absolute atomic E-state index is 10.3. The van der Waals surface area contributed by atoms with E-state index < -0.39 is 12.0 Å². The van der Waals surface area contributed by atoms with Gasteiger partial charge in [-0.25, -0.2) is 0 Å². The molecule has 2 unspecified atom stereocenters. The fourth-order valence-electron chi connectivity index (χ4n) is 3.85. The summed E-state index contributed by atoms with van der Waals surface area (Å²) in [5.41, 5.74) is 4.55. The van der Waals surface area contributed by atoms with Crippen LogP contribution in [0.5, 0.6) is 23.0 Å². The van der Waals surface area contributed by atoms with Gasteiger partial charge in [0.1, 0.15) is 44.3 Å². The van der Waals surface area contributed by atoms with E-state index in [0.29, 0.717) is 11.5 Å². The summed E-state index contributed by atoms with van der Waals surface area (Å²) in [7, 11) is 3.37. The summed E-state index contributed by atoms with van der Waals surface area (Å²) in [5, 5.41) is 29.0. The van der Waals surface area contributed by atoms with Crippen molar-refractivity contribution in [3.63, 3.8) is 0 Å². The SMILES string of the molecule is BC(O)COc1ccc(Bc2ccc(OCC(O)BOc3ccc(Bc4ccc(O)cc4)cc3)cc2)cc1. The molecule has 190 valence electrons. The third-order valence-electron chi connectivity index (χ3n) is 5.90. The molecule has 6 nitrogen and oxygen atoms in total. The molecule has 0 aromatic heterocycles. The minimum atomic E-state index is -0.763. The normalized spacial score (nSPS) is 12.2. The van der Waals surface area contributed by atoms with E-state index in [9.17, 15) is 15.3 Å². The molecular weight excluding hydrogens is 476 g/mol. The van der Waals surface area contributed by atoms with Crippen molar-refractivity contribution in [2.24, 2.45) is 0 Å². The third-order valence-corrected chi connectivity index (χ3v) is 5.90. The molecule has 0 amide bonds. The number of hydrogen-bond acceptors (Lipinski definition) is 6. The lowest BCUT2D eigenvalue weighted by Gasteiger charge is -2.13. The third kappa shape index (κ3) is 8.98. The number of aliphatic hydroxyl groups excluding tert-OH is 2. The van der Waals surface area contributed by atoms with Crippen LogP contribution in [-0.2, 0) is 0 Å². The second kappa shape index (κ2) is 13.7. The van der Waals surface area contributed by atoms with E-state index in [4.69, 9.17) is 14.1 Å². The van der Waals surface area contributed by atoms with Gasteiger partial charge in [-0.3, -0.25) is 0 Å². The molecular formula is C28H30B4O6. The predicted molar refractivity (Wildman–Crippen MR) is 160 cm³/mol. The second-order valence-corrected chi connectivity index (χ2v) is 9.39. The number of aromatic hydroxyl groups is 1. The van der Waals surface area contributed by atoms with E-state index in [1.54, 1.807) is 20.0 Å². The van der Waals surface area contributed by atoms with Crippen molar-refractivity contribution in [1.29, 1.82) is 0 Å². The molecule has 3 N–H and O–H groups in total. The minimum absolute atomic E-state index is 0.131. The molecule has 0 saturated carbocycles. The van der Waals surface area contributed by atoms with E-state index in [1.165, 1.54) is 0 Å². The van der Waals surface area contributed by atoms with Gasteiger partial charge in [-0.2, -0.15) is 0 Å². The zero-order chi connectivity index (χ0) is 26.7. The highest BCUT2D eigenvalue weighted by molar-refractivity contribution is 6.67. The Kier molecular flexibility index (Phi) is 9.84. The Hall–Kier alpha value is -3.74. The maximum atomic E-state index is 10.3. The van der Waals surface area contributed by atoms with Crippen LogP contribution in [0.25, 0.3) is 0 Å². The van der Waals surface area contributed by atoms with Crippen molar-refractivity contribution in [2.75, 3.05) is 13.2 Å². The first-order valence-corrected chi connectivity index (χ1v) is 12.7. The Balaban J connectivity index is 1.17. The van der Waals surface area contributed by atoms with E-state index in [0.717, 1.165) is 42.2 Å². The topological polar surface area (TPSA) is 88.4 Å². The van der Waals surface area contributed by atoms with Crippen LogP contribution in [0.15, 0.2) is 97.1 Å². The van der Waals surface area contributed by atoms with E-state index in [-0.39, 0.29) is 26.4 Å². The predicted octanol–water partition coefficient (Wildman–Crippen LogP) is -1.38. The van der Waals surface area contributed by atoms with Gasteiger partial charge >= 0.3 is 7.48 Å². The van der Waals surface area contributed by atoms with Gasteiger partial charge in [-0.1, -0.05) is 70.4 Å². The van der Waals surface area contributed by atoms with Crippen LogP contribution in [0.2, 0.25) is 0 Å². The molecule has 38 heavy (non-hydrogen) atoms. The summed E-state index contributed by atoms with van der Waals surface area (Å²) >= 11 is 0. The van der Waals surface area contributed by atoms with Gasteiger partial charge in [0.2, 0.25) is 0 Å². The van der Waals surface area contributed by atoms with Crippen LogP contribution in [0.3, 0.4) is 0 Å². The van der Waals surface area contributed by atoms with Gasteiger partial charge < -0.3 is 29.4 Å². The maximum Gasteiger partial charge on any atom is 0.372 e. The molecule has 0 aliphatic heterocycles. The lowest BCUT2D eigenvalue weighted by molar-refractivity contribution is 0.158. The number of benzene rings is 4. The molecule has 0 fully saturated rings. The van der Waals surface area contributed by atoms with Crippen LogP contribution in [0.1, 0.15) is 0 Å². The first-order chi connectivity index (χ1) is 18.4. The lowest BCUT2D eigenvalue weighted by Crippen LogP contribution is -2.29. The molecule has 0 aliphatic rings. The Morgan fingerprint density at radius 1 is 0.579 bits per heavy atom. The van der Waals surface area contributed by atoms with Crippen LogP contribution < -0.4 is 36.0 Å². The monoisotopic (exact) mass is 506 g/mol. The highest BCUT2D eigenvalue weighted by Gasteiger charge is 2.11. The van der Waals surface area contributed by atoms with E-state index in [2.05, 4.69) is 0 Å². The Labute approximate surface area is 226 Å². The molecule has 0 saturated heterocycles.